The van der Waals surface area contributed by atoms with Crippen molar-refractivity contribution in [2.75, 3.05) is 7.05 Å². The molecule has 1 aliphatic rings. The standard InChI is InChI=1S/C21H24N4O/c1-24(18-7-3-2-4-8-18)21(26)17-13-11-16(12-14-17)15-25-20-10-6-5-9-19(20)22-23-25/h5-6,9-14,18H,2-4,7-8,15H2,1H3. The third-order valence-electron chi connectivity index (χ3n) is 5.40. The summed E-state index contributed by atoms with van der Waals surface area (Å²) < 4.78 is 1.89. The van der Waals surface area contributed by atoms with E-state index in [9.17, 15) is 4.79 Å². The molecule has 26 heavy (non-hydrogen) atoms. The lowest BCUT2D eigenvalue weighted by molar-refractivity contribution is 0.0696. The summed E-state index contributed by atoms with van der Waals surface area (Å²) in [4.78, 5) is 14.7. The van der Waals surface area contributed by atoms with Gasteiger partial charge in [-0.3, -0.25) is 4.79 Å². The number of fused-ring (bicyclic) bond motifs is 1. The molecule has 2 aromatic carbocycles. The minimum Gasteiger partial charge on any atom is -0.339 e. The number of amides is 1. The van der Waals surface area contributed by atoms with Crippen LogP contribution in [0, 0.1) is 0 Å². The van der Waals surface area contributed by atoms with Crippen LogP contribution in [0.3, 0.4) is 0 Å². The Morgan fingerprint density at radius 3 is 2.58 bits per heavy atom. The van der Waals surface area contributed by atoms with E-state index in [0.717, 1.165) is 35.0 Å². The van der Waals surface area contributed by atoms with Crippen LogP contribution in [0.2, 0.25) is 0 Å². The molecule has 1 amide bonds. The maximum Gasteiger partial charge on any atom is 0.253 e. The molecule has 0 N–H and O–H groups in total. The molecule has 1 fully saturated rings. The van der Waals surface area contributed by atoms with E-state index in [0.29, 0.717) is 12.6 Å². The van der Waals surface area contributed by atoms with Crippen LogP contribution in [-0.2, 0) is 6.54 Å². The van der Waals surface area contributed by atoms with Gasteiger partial charge in [-0.25, -0.2) is 4.68 Å². The molecule has 0 spiro atoms. The molecule has 0 unspecified atom stereocenters. The first-order chi connectivity index (χ1) is 12.7. The van der Waals surface area contributed by atoms with Crippen molar-refractivity contribution in [3.05, 3.63) is 59.7 Å². The molecular formula is C21H24N4O. The zero-order chi connectivity index (χ0) is 17.9. The Hall–Kier alpha value is -2.69. The monoisotopic (exact) mass is 348 g/mol. The first kappa shape index (κ1) is 16.8. The van der Waals surface area contributed by atoms with Gasteiger partial charge in [0.05, 0.1) is 12.1 Å². The molecule has 1 saturated carbocycles. The van der Waals surface area contributed by atoms with Gasteiger partial charge in [-0.2, -0.15) is 0 Å². The topological polar surface area (TPSA) is 51.0 Å². The Morgan fingerprint density at radius 2 is 1.81 bits per heavy atom. The molecule has 3 aromatic rings. The molecule has 0 atom stereocenters. The molecule has 0 aliphatic heterocycles. The van der Waals surface area contributed by atoms with E-state index < -0.39 is 0 Å². The number of carbonyl (C=O) groups excluding carboxylic acids is 1. The lowest BCUT2D eigenvalue weighted by atomic mass is 9.94. The lowest BCUT2D eigenvalue weighted by Gasteiger charge is -2.31. The van der Waals surface area contributed by atoms with Crippen molar-refractivity contribution in [2.45, 2.75) is 44.7 Å². The summed E-state index contributed by atoms with van der Waals surface area (Å²) >= 11 is 0. The Morgan fingerprint density at radius 1 is 1.08 bits per heavy atom. The minimum absolute atomic E-state index is 0.120. The van der Waals surface area contributed by atoms with Crippen LogP contribution >= 0.6 is 0 Å². The van der Waals surface area contributed by atoms with Crippen molar-refractivity contribution in [2.24, 2.45) is 0 Å². The second-order valence-corrected chi connectivity index (χ2v) is 7.14. The van der Waals surface area contributed by atoms with Gasteiger partial charge in [0.2, 0.25) is 0 Å². The lowest BCUT2D eigenvalue weighted by Crippen LogP contribution is -2.38. The maximum atomic E-state index is 12.7. The Bertz CT molecular complexity index is 894. The molecule has 1 heterocycles. The molecule has 0 saturated heterocycles. The molecule has 0 radical (unpaired) electrons. The van der Waals surface area contributed by atoms with Crippen LogP contribution in [0.25, 0.3) is 11.0 Å². The molecule has 5 heteroatoms. The average molecular weight is 348 g/mol. The summed E-state index contributed by atoms with van der Waals surface area (Å²) in [5, 5.41) is 8.42. The van der Waals surface area contributed by atoms with Crippen LogP contribution in [-0.4, -0.2) is 38.9 Å². The fraction of sp³-hybridized carbons (Fsp3) is 0.381. The van der Waals surface area contributed by atoms with Gasteiger partial charge < -0.3 is 4.90 Å². The number of hydrogen-bond acceptors (Lipinski definition) is 3. The molecule has 4 rings (SSSR count). The maximum absolute atomic E-state index is 12.7. The zero-order valence-corrected chi connectivity index (χ0v) is 15.1. The van der Waals surface area contributed by atoms with Crippen LogP contribution in [0.1, 0.15) is 48.0 Å². The molecule has 1 aromatic heterocycles. The van der Waals surface area contributed by atoms with E-state index in [1.54, 1.807) is 0 Å². The Balaban J connectivity index is 1.47. The van der Waals surface area contributed by atoms with Gasteiger partial charge in [0.15, 0.2) is 0 Å². The van der Waals surface area contributed by atoms with Gasteiger partial charge in [-0.15, -0.1) is 5.10 Å². The van der Waals surface area contributed by atoms with Crippen LogP contribution in [0.5, 0.6) is 0 Å². The van der Waals surface area contributed by atoms with Crippen molar-refractivity contribution < 1.29 is 4.79 Å². The normalized spacial score (nSPS) is 15.3. The molecule has 0 bridgehead atoms. The van der Waals surface area contributed by atoms with Crippen molar-refractivity contribution >= 4 is 16.9 Å². The van der Waals surface area contributed by atoms with Crippen LogP contribution < -0.4 is 0 Å². The van der Waals surface area contributed by atoms with E-state index in [1.807, 2.05) is 65.2 Å². The number of benzene rings is 2. The largest absolute Gasteiger partial charge is 0.339 e. The summed E-state index contributed by atoms with van der Waals surface area (Å²) in [7, 11) is 1.94. The third kappa shape index (κ3) is 3.34. The SMILES string of the molecule is CN(C(=O)c1ccc(Cn2nnc3ccccc32)cc1)C1CCCCC1. The van der Waals surface area contributed by atoms with E-state index >= 15 is 0 Å². The van der Waals surface area contributed by atoms with E-state index in [2.05, 4.69) is 10.3 Å². The van der Waals surface area contributed by atoms with Gasteiger partial charge in [-0.05, 0) is 42.7 Å². The Labute approximate surface area is 153 Å². The van der Waals surface area contributed by atoms with Crippen molar-refractivity contribution in [3.8, 4) is 0 Å². The smallest absolute Gasteiger partial charge is 0.253 e. The fourth-order valence-electron chi connectivity index (χ4n) is 3.80. The summed E-state index contributed by atoms with van der Waals surface area (Å²) in [6, 6.07) is 16.2. The summed E-state index contributed by atoms with van der Waals surface area (Å²) in [5.74, 6) is 0.120. The van der Waals surface area contributed by atoms with E-state index in [4.69, 9.17) is 0 Å². The van der Waals surface area contributed by atoms with Gasteiger partial charge in [0.25, 0.3) is 5.91 Å². The van der Waals surface area contributed by atoms with Crippen molar-refractivity contribution in [1.29, 1.82) is 0 Å². The molecule has 134 valence electrons. The predicted molar refractivity (Wildman–Crippen MR) is 102 cm³/mol. The predicted octanol–water partition coefficient (Wildman–Crippen LogP) is 3.88. The summed E-state index contributed by atoms with van der Waals surface area (Å²) in [6.07, 6.45) is 6.00. The number of rotatable bonds is 4. The second kappa shape index (κ2) is 7.28. The highest BCUT2D eigenvalue weighted by atomic mass is 16.2. The van der Waals surface area contributed by atoms with Gasteiger partial charge in [0.1, 0.15) is 5.52 Å². The highest BCUT2D eigenvalue weighted by Gasteiger charge is 2.22. The number of carbonyl (C=O) groups is 1. The molecular weight excluding hydrogens is 324 g/mol. The molecule has 1 aliphatic carbocycles. The first-order valence-electron chi connectivity index (χ1n) is 9.37. The quantitative estimate of drug-likeness (QED) is 0.719. The highest BCUT2D eigenvalue weighted by molar-refractivity contribution is 5.94. The zero-order valence-electron chi connectivity index (χ0n) is 15.1. The van der Waals surface area contributed by atoms with E-state index in [-0.39, 0.29) is 5.91 Å². The number of para-hydroxylation sites is 1. The second-order valence-electron chi connectivity index (χ2n) is 7.14. The van der Waals surface area contributed by atoms with Gasteiger partial charge in [0, 0.05) is 18.7 Å². The van der Waals surface area contributed by atoms with Crippen LogP contribution in [0.4, 0.5) is 0 Å². The summed E-state index contributed by atoms with van der Waals surface area (Å²) in [6.45, 7) is 0.646. The van der Waals surface area contributed by atoms with Gasteiger partial charge in [-0.1, -0.05) is 48.7 Å². The van der Waals surface area contributed by atoms with Gasteiger partial charge >= 0.3 is 0 Å². The number of nitrogens with zero attached hydrogens (tertiary/aromatic N) is 4. The van der Waals surface area contributed by atoms with Crippen LogP contribution in [0.15, 0.2) is 48.5 Å². The third-order valence-corrected chi connectivity index (χ3v) is 5.40. The Kier molecular flexibility index (Phi) is 4.69. The van der Waals surface area contributed by atoms with Crippen molar-refractivity contribution in [1.82, 2.24) is 19.9 Å². The first-order valence-corrected chi connectivity index (χ1v) is 9.37. The van der Waals surface area contributed by atoms with Crippen molar-refractivity contribution in [3.63, 3.8) is 0 Å². The average Bonchev–Trinajstić information content (AvgIpc) is 3.11. The number of aromatic nitrogens is 3. The number of hydrogen-bond donors (Lipinski definition) is 0. The summed E-state index contributed by atoms with van der Waals surface area (Å²) in [5.41, 5.74) is 3.78. The highest BCUT2D eigenvalue weighted by Crippen LogP contribution is 2.23. The molecule has 5 nitrogen and oxygen atoms in total. The minimum atomic E-state index is 0.120. The fourth-order valence-corrected chi connectivity index (χ4v) is 3.80. The van der Waals surface area contributed by atoms with E-state index in [1.165, 1.54) is 19.3 Å².